The molecule has 1 amide bonds. The Hall–Kier alpha value is -0.770. The van der Waals surface area contributed by atoms with Gasteiger partial charge >= 0.3 is 0 Å². The van der Waals surface area contributed by atoms with Gasteiger partial charge < -0.3 is 10.6 Å². The van der Waals surface area contributed by atoms with Crippen LogP contribution in [0.1, 0.15) is 31.2 Å². The molecule has 1 aliphatic carbocycles. The minimum atomic E-state index is -0.316. The summed E-state index contributed by atoms with van der Waals surface area (Å²) in [6.45, 7) is 1.81. The van der Waals surface area contributed by atoms with E-state index in [1.165, 1.54) is 6.42 Å². The zero-order chi connectivity index (χ0) is 13.3. The summed E-state index contributed by atoms with van der Waals surface area (Å²) in [5, 5.41) is 7.20. The Morgan fingerprint density at radius 2 is 2.25 bits per heavy atom. The Kier molecular flexibility index (Phi) is 4.95. The number of rotatable bonds is 4. The van der Waals surface area contributed by atoms with Crippen LogP contribution in [0.3, 0.4) is 0 Å². The quantitative estimate of drug-likeness (QED) is 0.897. The number of hydrogen-bond acceptors (Lipinski definition) is 2. The van der Waals surface area contributed by atoms with E-state index in [1.54, 1.807) is 0 Å². The number of carbonyl (C=O) groups excluding carboxylic acids is 1. The van der Waals surface area contributed by atoms with Gasteiger partial charge in [-0.2, -0.15) is 0 Å². The average molecular weight is 315 g/mol. The Labute approximate surface area is 130 Å². The fraction of sp³-hybridized carbons (Fsp3) is 0.533. The lowest BCUT2D eigenvalue weighted by Gasteiger charge is -2.18. The third-order valence-electron chi connectivity index (χ3n) is 4.23. The van der Waals surface area contributed by atoms with E-state index in [0.717, 1.165) is 37.9 Å². The first kappa shape index (κ1) is 15.6. The van der Waals surface area contributed by atoms with Crippen molar-refractivity contribution in [2.24, 2.45) is 0 Å². The molecular weight excluding hydrogens is 295 g/mol. The van der Waals surface area contributed by atoms with E-state index in [2.05, 4.69) is 10.6 Å². The third kappa shape index (κ3) is 3.11. The second-order valence-corrected chi connectivity index (χ2v) is 6.03. The molecule has 2 N–H and O–H groups in total. The van der Waals surface area contributed by atoms with Crippen molar-refractivity contribution in [3.63, 3.8) is 0 Å². The highest BCUT2D eigenvalue weighted by molar-refractivity contribution is 6.30. The lowest BCUT2D eigenvalue weighted by Crippen LogP contribution is -2.42. The molecule has 1 atom stereocenters. The zero-order valence-corrected chi connectivity index (χ0v) is 12.9. The monoisotopic (exact) mass is 314 g/mol. The van der Waals surface area contributed by atoms with Crippen molar-refractivity contribution in [2.45, 2.75) is 37.1 Å². The highest BCUT2D eigenvalue weighted by atomic mass is 35.5. The highest BCUT2D eigenvalue weighted by Gasteiger charge is 2.51. The molecule has 1 aromatic carbocycles. The van der Waals surface area contributed by atoms with E-state index < -0.39 is 0 Å². The summed E-state index contributed by atoms with van der Waals surface area (Å²) in [5.74, 6) is 0.156. The van der Waals surface area contributed by atoms with Gasteiger partial charge in [-0.1, -0.05) is 23.7 Å². The SMILES string of the molecule is Cl.O=C(NCC1CCCN1)C1(c2cccc(Cl)c2)CC1. The summed E-state index contributed by atoms with van der Waals surface area (Å²) in [5.41, 5.74) is 0.737. The Bertz CT molecular complexity index is 483. The predicted molar refractivity (Wildman–Crippen MR) is 83.6 cm³/mol. The molecule has 110 valence electrons. The van der Waals surface area contributed by atoms with E-state index in [4.69, 9.17) is 11.6 Å². The fourth-order valence-corrected chi connectivity index (χ4v) is 3.06. The van der Waals surface area contributed by atoms with E-state index in [-0.39, 0.29) is 23.7 Å². The lowest BCUT2D eigenvalue weighted by molar-refractivity contribution is -0.123. The number of hydrogen-bond donors (Lipinski definition) is 2. The van der Waals surface area contributed by atoms with Gasteiger partial charge in [0.15, 0.2) is 0 Å². The zero-order valence-electron chi connectivity index (χ0n) is 11.3. The second kappa shape index (κ2) is 6.33. The maximum absolute atomic E-state index is 12.4. The van der Waals surface area contributed by atoms with Gasteiger partial charge in [0.25, 0.3) is 0 Å². The van der Waals surface area contributed by atoms with Crippen LogP contribution in [0.15, 0.2) is 24.3 Å². The number of carbonyl (C=O) groups is 1. The van der Waals surface area contributed by atoms with Gasteiger partial charge in [0, 0.05) is 17.6 Å². The number of benzene rings is 1. The molecule has 2 fully saturated rings. The van der Waals surface area contributed by atoms with Crippen LogP contribution in [0.5, 0.6) is 0 Å². The van der Waals surface area contributed by atoms with Crippen molar-refractivity contribution < 1.29 is 4.79 Å². The van der Waals surface area contributed by atoms with Gasteiger partial charge in [0.1, 0.15) is 0 Å². The summed E-state index contributed by atoms with van der Waals surface area (Å²) in [6.07, 6.45) is 4.22. The summed E-state index contributed by atoms with van der Waals surface area (Å²) in [6, 6.07) is 8.14. The summed E-state index contributed by atoms with van der Waals surface area (Å²) >= 11 is 6.02. The van der Waals surface area contributed by atoms with E-state index in [1.807, 2.05) is 24.3 Å². The van der Waals surface area contributed by atoms with Crippen LogP contribution in [0, 0.1) is 0 Å². The van der Waals surface area contributed by atoms with Crippen LogP contribution in [0.25, 0.3) is 0 Å². The molecule has 3 nitrogen and oxygen atoms in total. The van der Waals surface area contributed by atoms with Gasteiger partial charge in [0.05, 0.1) is 5.41 Å². The first-order chi connectivity index (χ1) is 9.21. The molecule has 5 heteroatoms. The molecule has 0 aromatic heterocycles. The fourth-order valence-electron chi connectivity index (χ4n) is 2.87. The van der Waals surface area contributed by atoms with Crippen molar-refractivity contribution in [1.29, 1.82) is 0 Å². The van der Waals surface area contributed by atoms with E-state index in [9.17, 15) is 4.79 Å². The van der Waals surface area contributed by atoms with Gasteiger partial charge in [0.2, 0.25) is 5.91 Å². The molecule has 0 spiro atoms. The molecule has 0 bridgehead atoms. The molecule has 0 radical (unpaired) electrons. The maximum Gasteiger partial charge on any atom is 0.230 e. The van der Waals surface area contributed by atoms with Gasteiger partial charge in [-0.3, -0.25) is 4.79 Å². The topological polar surface area (TPSA) is 41.1 Å². The van der Waals surface area contributed by atoms with Gasteiger partial charge in [-0.05, 0) is 49.9 Å². The van der Waals surface area contributed by atoms with E-state index >= 15 is 0 Å². The molecule has 1 saturated carbocycles. The van der Waals surface area contributed by atoms with Crippen LogP contribution >= 0.6 is 24.0 Å². The van der Waals surface area contributed by atoms with Gasteiger partial charge in [-0.25, -0.2) is 0 Å². The number of halogens is 2. The Morgan fingerprint density at radius 1 is 1.45 bits per heavy atom. The second-order valence-electron chi connectivity index (χ2n) is 5.60. The number of nitrogens with one attached hydrogen (secondary N) is 2. The minimum Gasteiger partial charge on any atom is -0.354 e. The lowest BCUT2D eigenvalue weighted by atomic mass is 9.95. The Balaban J connectivity index is 0.00000147. The normalized spacial score (nSPS) is 22.9. The van der Waals surface area contributed by atoms with Crippen molar-refractivity contribution in [3.05, 3.63) is 34.9 Å². The van der Waals surface area contributed by atoms with Crippen molar-refractivity contribution in [1.82, 2.24) is 10.6 Å². The van der Waals surface area contributed by atoms with Crippen LogP contribution in [0.2, 0.25) is 5.02 Å². The third-order valence-corrected chi connectivity index (χ3v) is 4.47. The first-order valence-electron chi connectivity index (χ1n) is 6.98. The molecular formula is C15H20Cl2N2O. The molecule has 2 aliphatic rings. The predicted octanol–water partition coefficient (Wildman–Crippen LogP) is 2.66. The maximum atomic E-state index is 12.4. The molecule has 20 heavy (non-hydrogen) atoms. The summed E-state index contributed by atoms with van der Waals surface area (Å²) < 4.78 is 0. The summed E-state index contributed by atoms with van der Waals surface area (Å²) in [4.78, 5) is 12.4. The molecule has 1 heterocycles. The van der Waals surface area contributed by atoms with Crippen molar-refractivity contribution in [3.8, 4) is 0 Å². The van der Waals surface area contributed by atoms with Crippen LogP contribution in [-0.4, -0.2) is 25.0 Å². The van der Waals surface area contributed by atoms with E-state index in [0.29, 0.717) is 11.1 Å². The van der Waals surface area contributed by atoms with Crippen molar-refractivity contribution >= 4 is 29.9 Å². The minimum absolute atomic E-state index is 0. The summed E-state index contributed by atoms with van der Waals surface area (Å²) in [7, 11) is 0. The average Bonchev–Trinajstić information content (AvgIpc) is 3.06. The van der Waals surface area contributed by atoms with Gasteiger partial charge in [-0.15, -0.1) is 12.4 Å². The largest absolute Gasteiger partial charge is 0.354 e. The molecule has 3 rings (SSSR count). The molecule has 1 saturated heterocycles. The molecule has 1 aliphatic heterocycles. The highest BCUT2D eigenvalue weighted by Crippen LogP contribution is 2.48. The standard InChI is InChI=1S/C15H19ClN2O.ClH/c16-12-4-1-3-11(9-12)15(6-7-15)14(19)18-10-13-5-2-8-17-13;/h1,3-4,9,13,17H,2,5-8,10H2,(H,18,19);1H. The smallest absolute Gasteiger partial charge is 0.230 e. The van der Waals surface area contributed by atoms with Crippen LogP contribution in [0.4, 0.5) is 0 Å². The number of amides is 1. The van der Waals surface area contributed by atoms with Crippen molar-refractivity contribution in [2.75, 3.05) is 13.1 Å². The van der Waals surface area contributed by atoms with Crippen LogP contribution < -0.4 is 10.6 Å². The molecule has 1 aromatic rings. The first-order valence-corrected chi connectivity index (χ1v) is 7.36. The molecule has 1 unspecified atom stereocenters. The van der Waals surface area contributed by atoms with Crippen LogP contribution in [-0.2, 0) is 10.2 Å². The Morgan fingerprint density at radius 3 is 2.85 bits per heavy atom.